The normalized spacial score (nSPS) is 14.9. The van der Waals surface area contributed by atoms with Crippen molar-refractivity contribution < 1.29 is 4.79 Å². The highest BCUT2D eigenvalue weighted by molar-refractivity contribution is 5.91. The number of hydrogen-bond acceptors (Lipinski definition) is 2. The fraction of sp³-hybridized carbons (Fsp3) is 0.348. The summed E-state index contributed by atoms with van der Waals surface area (Å²) in [6.45, 7) is 2.27. The minimum atomic E-state index is 0.0582. The van der Waals surface area contributed by atoms with Gasteiger partial charge in [0.2, 0.25) is 5.91 Å². The van der Waals surface area contributed by atoms with E-state index in [4.69, 9.17) is 0 Å². The van der Waals surface area contributed by atoms with E-state index in [2.05, 4.69) is 39.5 Å². The van der Waals surface area contributed by atoms with E-state index in [1.54, 1.807) is 0 Å². The van der Waals surface area contributed by atoms with Gasteiger partial charge < -0.3 is 15.2 Å². The number of carbonyl (C=O) groups is 1. The molecule has 0 radical (unpaired) electrons. The first-order valence-corrected chi connectivity index (χ1v) is 9.99. The summed E-state index contributed by atoms with van der Waals surface area (Å²) in [4.78, 5) is 18.1. The number of aryl methyl sites for hydroxylation is 1. The van der Waals surface area contributed by atoms with Gasteiger partial charge in [0, 0.05) is 48.0 Å². The van der Waals surface area contributed by atoms with Gasteiger partial charge in [0.05, 0.1) is 0 Å². The van der Waals surface area contributed by atoms with Gasteiger partial charge in [-0.05, 0) is 55.2 Å². The van der Waals surface area contributed by atoms with E-state index in [1.807, 2.05) is 30.5 Å². The van der Waals surface area contributed by atoms with Crippen molar-refractivity contribution in [2.75, 3.05) is 23.3 Å². The van der Waals surface area contributed by atoms with Crippen molar-refractivity contribution in [2.45, 2.75) is 38.5 Å². The van der Waals surface area contributed by atoms with Gasteiger partial charge in [0.25, 0.3) is 0 Å². The maximum absolute atomic E-state index is 12.3. The summed E-state index contributed by atoms with van der Waals surface area (Å²) in [7, 11) is 0. The third kappa shape index (κ3) is 4.33. The van der Waals surface area contributed by atoms with Gasteiger partial charge >= 0.3 is 0 Å². The zero-order valence-electron chi connectivity index (χ0n) is 15.7. The number of anilines is 2. The summed E-state index contributed by atoms with van der Waals surface area (Å²) in [6.07, 6.45) is 8.44. The van der Waals surface area contributed by atoms with E-state index in [1.165, 1.54) is 42.3 Å². The van der Waals surface area contributed by atoms with E-state index in [-0.39, 0.29) is 5.91 Å². The highest BCUT2D eigenvalue weighted by atomic mass is 16.1. The van der Waals surface area contributed by atoms with Crippen LogP contribution in [0.25, 0.3) is 10.9 Å². The lowest BCUT2D eigenvalue weighted by Crippen LogP contribution is -2.23. The van der Waals surface area contributed by atoms with Crippen LogP contribution in [0.15, 0.2) is 54.7 Å². The van der Waals surface area contributed by atoms with Gasteiger partial charge in [-0.3, -0.25) is 4.79 Å². The van der Waals surface area contributed by atoms with Crippen LogP contribution in [0.1, 0.15) is 37.7 Å². The molecule has 0 saturated carbocycles. The Morgan fingerprint density at radius 1 is 0.963 bits per heavy atom. The van der Waals surface area contributed by atoms with Crippen molar-refractivity contribution in [1.82, 2.24) is 4.98 Å². The molecule has 2 aromatic carbocycles. The fourth-order valence-corrected chi connectivity index (χ4v) is 3.89. The van der Waals surface area contributed by atoms with Gasteiger partial charge in [-0.15, -0.1) is 0 Å². The smallest absolute Gasteiger partial charge is 0.224 e. The quantitative estimate of drug-likeness (QED) is 0.663. The molecule has 0 unspecified atom stereocenters. The van der Waals surface area contributed by atoms with Crippen molar-refractivity contribution in [3.05, 3.63) is 60.3 Å². The SMILES string of the molecule is O=C(CCc1c[nH]c2ccccc12)Nc1ccc(N2CCCCCC2)cc1. The van der Waals surface area contributed by atoms with Crippen LogP contribution in [-0.2, 0) is 11.2 Å². The van der Waals surface area contributed by atoms with E-state index in [0.29, 0.717) is 6.42 Å². The minimum absolute atomic E-state index is 0.0582. The zero-order chi connectivity index (χ0) is 18.5. The lowest BCUT2D eigenvalue weighted by Gasteiger charge is -2.22. The number of nitrogens with one attached hydrogen (secondary N) is 2. The Hall–Kier alpha value is -2.75. The molecule has 1 amide bonds. The molecule has 0 bridgehead atoms. The van der Waals surface area contributed by atoms with Gasteiger partial charge in [-0.1, -0.05) is 31.0 Å². The van der Waals surface area contributed by atoms with Gasteiger partial charge in [-0.2, -0.15) is 0 Å². The Morgan fingerprint density at radius 3 is 2.48 bits per heavy atom. The molecule has 1 aromatic heterocycles. The Balaban J connectivity index is 1.32. The summed E-state index contributed by atoms with van der Waals surface area (Å²) in [6, 6.07) is 16.5. The number of fused-ring (bicyclic) bond motifs is 1. The highest BCUT2D eigenvalue weighted by Crippen LogP contribution is 2.22. The molecule has 0 aliphatic carbocycles. The maximum Gasteiger partial charge on any atom is 0.224 e. The van der Waals surface area contributed by atoms with Crippen LogP contribution in [0.3, 0.4) is 0 Å². The molecular weight excluding hydrogens is 334 g/mol. The van der Waals surface area contributed by atoms with Crippen molar-refractivity contribution >= 4 is 28.2 Å². The van der Waals surface area contributed by atoms with Crippen LogP contribution in [0.4, 0.5) is 11.4 Å². The van der Waals surface area contributed by atoms with Crippen molar-refractivity contribution in [3.63, 3.8) is 0 Å². The van der Waals surface area contributed by atoms with Crippen LogP contribution in [-0.4, -0.2) is 24.0 Å². The standard InChI is InChI=1S/C23H27N3O/c27-23(14-9-18-17-24-22-8-4-3-7-21(18)22)25-19-10-12-20(13-11-19)26-15-5-1-2-6-16-26/h3-4,7-8,10-13,17,24H,1-2,5-6,9,14-16H2,(H,25,27). The number of aromatic amines is 1. The predicted molar refractivity (Wildman–Crippen MR) is 112 cm³/mol. The number of benzene rings is 2. The maximum atomic E-state index is 12.3. The topological polar surface area (TPSA) is 48.1 Å². The molecule has 0 spiro atoms. The lowest BCUT2D eigenvalue weighted by molar-refractivity contribution is -0.116. The van der Waals surface area contributed by atoms with Crippen molar-refractivity contribution in [1.29, 1.82) is 0 Å². The second-order valence-electron chi connectivity index (χ2n) is 7.36. The van der Waals surface area contributed by atoms with Crippen LogP contribution < -0.4 is 10.2 Å². The molecular formula is C23H27N3O. The van der Waals surface area contributed by atoms with Crippen LogP contribution in [0, 0.1) is 0 Å². The fourth-order valence-electron chi connectivity index (χ4n) is 3.89. The first-order chi connectivity index (χ1) is 13.3. The minimum Gasteiger partial charge on any atom is -0.372 e. The number of nitrogens with zero attached hydrogens (tertiary/aromatic N) is 1. The average Bonchev–Trinajstić information content (AvgIpc) is 2.91. The number of aromatic nitrogens is 1. The molecule has 0 atom stereocenters. The molecule has 4 heteroatoms. The first kappa shape index (κ1) is 17.7. The predicted octanol–water partition coefficient (Wildman–Crippen LogP) is 5.12. The van der Waals surface area contributed by atoms with Crippen LogP contribution in [0.5, 0.6) is 0 Å². The lowest BCUT2D eigenvalue weighted by atomic mass is 10.1. The number of carbonyl (C=O) groups excluding carboxylic acids is 1. The third-order valence-corrected chi connectivity index (χ3v) is 5.42. The first-order valence-electron chi connectivity index (χ1n) is 9.99. The molecule has 2 N–H and O–H groups in total. The van der Waals surface area contributed by atoms with Crippen LogP contribution in [0.2, 0.25) is 0 Å². The molecule has 140 valence electrons. The molecule has 1 aliphatic heterocycles. The van der Waals surface area contributed by atoms with E-state index in [9.17, 15) is 4.79 Å². The van der Waals surface area contributed by atoms with Gasteiger partial charge in [0.1, 0.15) is 0 Å². The molecule has 4 rings (SSSR count). The summed E-state index contributed by atoms with van der Waals surface area (Å²) >= 11 is 0. The largest absolute Gasteiger partial charge is 0.372 e. The van der Waals surface area contributed by atoms with E-state index in [0.717, 1.165) is 30.7 Å². The summed E-state index contributed by atoms with van der Waals surface area (Å²) < 4.78 is 0. The summed E-state index contributed by atoms with van der Waals surface area (Å²) in [5.41, 5.74) is 4.44. The summed E-state index contributed by atoms with van der Waals surface area (Å²) in [5, 5.41) is 4.23. The number of para-hydroxylation sites is 1. The Bertz CT molecular complexity index is 889. The second-order valence-corrected chi connectivity index (χ2v) is 7.36. The monoisotopic (exact) mass is 361 g/mol. The molecule has 27 heavy (non-hydrogen) atoms. The van der Waals surface area contributed by atoms with Gasteiger partial charge in [-0.25, -0.2) is 0 Å². The van der Waals surface area contributed by atoms with Crippen molar-refractivity contribution in [2.24, 2.45) is 0 Å². The highest BCUT2D eigenvalue weighted by Gasteiger charge is 2.11. The molecule has 2 heterocycles. The molecule has 3 aromatic rings. The number of amides is 1. The van der Waals surface area contributed by atoms with Gasteiger partial charge in [0.15, 0.2) is 0 Å². The Morgan fingerprint density at radius 2 is 1.70 bits per heavy atom. The number of hydrogen-bond donors (Lipinski definition) is 2. The molecule has 1 aliphatic rings. The number of H-pyrrole nitrogens is 1. The molecule has 1 fully saturated rings. The zero-order valence-corrected chi connectivity index (χ0v) is 15.7. The third-order valence-electron chi connectivity index (χ3n) is 5.42. The number of rotatable bonds is 5. The summed E-state index contributed by atoms with van der Waals surface area (Å²) in [5.74, 6) is 0.0582. The van der Waals surface area contributed by atoms with Crippen molar-refractivity contribution in [3.8, 4) is 0 Å². The van der Waals surface area contributed by atoms with E-state index < -0.39 is 0 Å². The molecule has 4 nitrogen and oxygen atoms in total. The Labute approximate surface area is 160 Å². The Kier molecular flexibility index (Phi) is 5.42. The molecule has 1 saturated heterocycles. The second kappa shape index (κ2) is 8.30. The van der Waals surface area contributed by atoms with E-state index >= 15 is 0 Å². The van der Waals surface area contributed by atoms with Crippen LogP contribution >= 0.6 is 0 Å². The average molecular weight is 361 g/mol.